The smallest absolute Gasteiger partial charge is 0.157 e. The molecule has 0 aromatic carbocycles. The zero-order valence-electron chi connectivity index (χ0n) is 8.42. The summed E-state index contributed by atoms with van der Waals surface area (Å²) >= 11 is 1.96. The summed E-state index contributed by atoms with van der Waals surface area (Å²) in [6.45, 7) is 5.38. The minimum Gasteiger partial charge on any atom is -0.363 e. The highest BCUT2D eigenvalue weighted by molar-refractivity contribution is 8.14. The molecule has 0 bridgehead atoms. The van der Waals surface area contributed by atoms with Crippen molar-refractivity contribution in [2.75, 3.05) is 6.54 Å². The van der Waals surface area contributed by atoms with Gasteiger partial charge in [-0.15, -0.1) is 0 Å². The van der Waals surface area contributed by atoms with E-state index in [-0.39, 0.29) is 0 Å². The molecule has 0 radical (unpaired) electrons. The standard InChI is InChI=1S/C10H18N2S/c1-7(2)12-10-11-6-9(13-10)8-4-3-5-8/h7-9H,3-6H2,1-2H3,(H,11,12). The third-order valence-corrected chi connectivity index (χ3v) is 4.07. The molecule has 74 valence electrons. The number of rotatable bonds is 2. The molecule has 1 aliphatic heterocycles. The van der Waals surface area contributed by atoms with Crippen LogP contribution in [0.25, 0.3) is 0 Å². The SMILES string of the molecule is CC(C)NC1=NCC(C2CCC2)S1. The Balaban J connectivity index is 1.77. The Morgan fingerprint density at radius 2 is 2.23 bits per heavy atom. The third-order valence-electron chi connectivity index (χ3n) is 2.77. The van der Waals surface area contributed by atoms with Gasteiger partial charge in [-0.1, -0.05) is 18.2 Å². The van der Waals surface area contributed by atoms with E-state index in [0.717, 1.165) is 17.7 Å². The molecule has 0 aromatic heterocycles. The summed E-state index contributed by atoms with van der Waals surface area (Å²) in [6.07, 6.45) is 4.30. The first-order valence-corrected chi connectivity index (χ1v) is 6.11. The number of nitrogens with zero attached hydrogens (tertiary/aromatic N) is 1. The highest BCUT2D eigenvalue weighted by Crippen LogP contribution is 2.38. The van der Waals surface area contributed by atoms with Crippen LogP contribution < -0.4 is 5.32 Å². The molecule has 0 saturated heterocycles. The lowest BCUT2D eigenvalue weighted by atomic mass is 9.83. The molecule has 2 nitrogen and oxygen atoms in total. The molecule has 0 amide bonds. The predicted molar refractivity (Wildman–Crippen MR) is 59.3 cm³/mol. The summed E-state index contributed by atoms with van der Waals surface area (Å²) < 4.78 is 0. The molecule has 1 aliphatic carbocycles. The van der Waals surface area contributed by atoms with E-state index in [2.05, 4.69) is 24.2 Å². The summed E-state index contributed by atoms with van der Waals surface area (Å²) in [6, 6.07) is 0.520. The van der Waals surface area contributed by atoms with Crippen LogP contribution in [0.1, 0.15) is 33.1 Å². The van der Waals surface area contributed by atoms with Crippen molar-refractivity contribution in [2.24, 2.45) is 10.9 Å². The van der Waals surface area contributed by atoms with Gasteiger partial charge in [-0.3, -0.25) is 4.99 Å². The summed E-state index contributed by atoms with van der Waals surface area (Å²) in [4.78, 5) is 4.53. The van der Waals surface area contributed by atoms with Gasteiger partial charge >= 0.3 is 0 Å². The highest BCUT2D eigenvalue weighted by atomic mass is 32.2. The fourth-order valence-electron chi connectivity index (χ4n) is 1.77. The molecule has 1 fully saturated rings. The predicted octanol–water partition coefficient (Wildman–Crippen LogP) is 2.26. The lowest BCUT2D eigenvalue weighted by Gasteiger charge is -2.29. The minimum absolute atomic E-state index is 0.520. The van der Waals surface area contributed by atoms with E-state index in [9.17, 15) is 0 Å². The van der Waals surface area contributed by atoms with Crippen molar-refractivity contribution in [3.8, 4) is 0 Å². The Kier molecular flexibility index (Phi) is 2.82. The lowest BCUT2D eigenvalue weighted by Crippen LogP contribution is -2.29. The molecule has 2 rings (SSSR count). The zero-order chi connectivity index (χ0) is 9.26. The number of amidine groups is 1. The van der Waals surface area contributed by atoms with Crippen LogP contribution in [0.4, 0.5) is 0 Å². The van der Waals surface area contributed by atoms with Crippen molar-refractivity contribution in [3.63, 3.8) is 0 Å². The zero-order valence-corrected chi connectivity index (χ0v) is 9.23. The summed E-state index contributed by atoms with van der Waals surface area (Å²) in [5.74, 6) is 0.959. The van der Waals surface area contributed by atoms with Crippen molar-refractivity contribution in [3.05, 3.63) is 0 Å². The number of nitrogens with one attached hydrogen (secondary N) is 1. The third kappa shape index (κ3) is 2.19. The molecule has 0 spiro atoms. The highest BCUT2D eigenvalue weighted by Gasteiger charge is 2.31. The normalized spacial score (nSPS) is 28.8. The Bertz CT molecular complexity index is 209. The van der Waals surface area contributed by atoms with Gasteiger partial charge in [0.2, 0.25) is 0 Å². The molecular formula is C10H18N2S. The van der Waals surface area contributed by atoms with Crippen LogP contribution in [-0.4, -0.2) is 23.0 Å². The van der Waals surface area contributed by atoms with E-state index < -0.39 is 0 Å². The minimum atomic E-state index is 0.520. The van der Waals surface area contributed by atoms with Crippen LogP contribution in [0.2, 0.25) is 0 Å². The maximum Gasteiger partial charge on any atom is 0.157 e. The van der Waals surface area contributed by atoms with Gasteiger partial charge in [-0.25, -0.2) is 0 Å². The molecule has 3 heteroatoms. The molecule has 13 heavy (non-hydrogen) atoms. The first-order valence-electron chi connectivity index (χ1n) is 5.23. The Morgan fingerprint density at radius 1 is 1.46 bits per heavy atom. The van der Waals surface area contributed by atoms with E-state index in [1.54, 1.807) is 0 Å². The fraction of sp³-hybridized carbons (Fsp3) is 0.900. The van der Waals surface area contributed by atoms with Crippen molar-refractivity contribution < 1.29 is 0 Å². The molecule has 1 saturated carbocycles. The molecular weight excluding hydrogens is 180 g/mol. The number of aliphatic imine (C=N–C) groups is 1. The van der Waals surface area contributed by atoms with Gasteiger partial charge < -0.3 is 5.32 Å². The van der Waals surface area contributed by atoms with Crippen LogP contribution in [0.5, 0.6) is 0 Å². The molecule has 1 N–H and O–H groups in total. The lowest BCUT2D eigenvalue weighted by molar-refractivity contribution is 0.311. The second-order valence-electron chi connectivity index (χ2n) is 4.29. The molecule has 1 atom stereocenters. The van der Waals surface area contributed by atoms with Crippen molar-refractivity contribution in [1.82, 2.24) is 5.32 Å². The monoisotopic (exact) mass is 198 g/mol. The number of hydrogen-bond donors (Lipinski definition) is 1. The number of hydrogen-bond acceptors (Lipinski definition) is 3. The number of thioether (sulfide) groups is 1. The molecule has 1 unspecified atom stereocenters. The largest absolute Gasteiger partial charge is 0.363 e. The van der Waals surface area contributed by atoms with Crippen molar-refractivity contribution in [2.45, 2.75) is 44.4 Å². The van der Waals surface area contributed by atoms with E-state index >= 15 is 0 Å². The van der Waals surface area contributed by atoms with Gasteiger partial charge in [0, 0.05) is 11.3 Å². The first-order chi connectivity index (χ1) is 6.25. The van der Waals surface area contributed by atoms with Crippen LogP contribution >= 0.6 is 11.8 Å². The Labute approximate surface area is 84.6 Å². The van der Waals surface area contributed by atoms with Crippen LogP contribution in [0.3, 0.4) is 0 Å². The topological polar surface area (TPSA) is 24.4 Å². The van der Waals surface area contributed by atoms with E-state index in [1.165, 1.54) is 24.4 Å². The quantitative estimate of drug-likeness (QED) is 0.736. The van der Waals surface area contributed by atoms with Gasteiger partial charge in [0.15, 0.2) is 5.17 Å². The Hall–Kier alpha value is -0.180. The van der Waals surface area contributed by atoms with E-state index in [0.29, 0.717) is 6.04 Å². The van der Waals surface area contributed by atoms with Gasteiger partial charge in [0.05, 0.1) is 6.54 Å². The van der Waals surface area contributed by atoms with Crippen LogP contribution in [-0.2, 0) is 0 Å². The average Bonchev–Trinajstić information content (AvgIpc) is 2.31. The first kappa shape index (κ1) is 9.38. The van der Waals surface area contributed by atoms with Gasteiger partial charge in [0.25, 0.3) is 0 Å². The fourth-order valence-corrected chi connectivity index (χ4v) is 3.13. The summed E-state index contributed by atoms with van der Waals surface area (Å²) in [5.41, 5.74) is 0. The molecule has 0 aromatic rings. The second kappa shape index (κ2) is 3.91. The van der Waals surface area contributed by atoms with Gasteiger partial charge in [-0.2, -0.15) is 0 Å². The van der Waals surface area contributed by atoms with E-state index in [4.69, 9.17) is 0 Å². The average molecular weight is 198 g/mol. The molecule has 1 heterocycles. The second-order valence-corrected chi connectivity index (χ2v) is 5.52. The van der Waals surface area contributed by atoms with Crippen LogP contribution in [0, 0.1) is 5.92 Å². The summed E-state index contributed by atoms with van der Waals surface area (Å²) in [7, 11) is 0. The molecule has 2 aliphatic rings. The van der Waals surface area contributed by atoms with E-state index in [1.807, 2.05) is 11.8 Å². The van der Waals surface area contributed by atoms with Gasteiger partial charge in [0.1, 0.15) is 0 Å². The van der Waals surface area contributed by atoms with Crippen molar-refractivity contribution >= 4 is 16.9 Å². The van der Waals surface area contributed by atoms with Crippen molar-refractivity contribution in [1.29, 1.82) is 0 Å². The maximum atomic E-state index is 4.53. The summed E-state index contributed by atoms with van der Waals surface area (Å²) in [5, 5.41) is 5.35. The maximum absolute atomic E-state index is 4.53. The van der Waals surface area contributed by atoms with Gasteiger partial charge in [-0.05, 0) is 32.6 Å². The van der Waals surface area contributed by atoms with Crippen LogP contribution in [0.15, 0.2) is 4.99 Å². The Morgan fingerprint density at radius 3 is 2.77 bits per heavy atom.